The minimum Gasteiger partial charge on any atom is -0.489 e. The third-order valence-corrected chi connectivity index (χ3v) is 8.93. The van der Waals surface area contributed by atoms with Crippen molar-refractivity contribution in [2.24, 2.45) is 0 Å². The van der Waals surface area contributed by atoms with Gasteiger partial charge in [0, 0.05) is 0 Å². The van der Waals surface area contributed by atoms with Gasteiger partial charge >= 0.3 is 6.09 Å². The van der Waals surface area contributed by atoms with Crippen molar-refractivity contribution in [2.45, 2.75) is 44.2 Å². The molecule has 0 spiro atoms. The Hall–Kier alpha value is -2.81. The van der Waals surface area contributed by atoms with Crippen LogP contribution in [0.25, 0.3) is 5.57 Å². The van der Waals surface area contributed by atoms with Crippen molar-refractivity contribution >= 4 is 33.1 Å². The molecule has 2 heterocycles. The molecule has 10 nitrogen and oxygen atoms in total. The average Bonchev–Trinajstić information content (AvgIpc) is 2.91. The fraction of sp³-hybridized carbons (Fsp3) is 0.444. The highest BCUT2D eigenvalue weighted by molar-refractivity contribution is 7.91. The van der Waals surface area contributed by atoms with Crippen LogP contribution in [0.5, 0.6) is 5.75 Å². The topological polar surface area (TPSA) is 126 Å². The Morgan fingerprint density at radius 1 is 1.00 bits per heavy atom. The van der Waals surface area contributed by atoms with Gasteiger partial charge in [0.2, 0.25) is 0 Å². The Kier molecular flexibility index (Phi) is 10.6. The SMILES string of the molecule is O=C(OCCCCON(O)O)N1C2C=C(c3ccc(CCCOc4c(F)ccc(F)c4Cl)cc3)CC1CS(=O)(=O)C2. The van der Waals surface area contributed by atoms with Gasteiger partial charge in [0.05, 0.1) is 48.8 Å². The molecule has 1 fully saturated rings. The number of ether oxygens (including phenoxy) is 2. The van der Waals surface area contributed by atoms with E-state index in [2.05, 4.69) is 4.84 Å². The van der Waals surface area contributed by atoms with Gasteiger partial charge in [-0.05, 0) is 60.9 Å². The number of rotatable bonds is 12. The Morgan fingerprint density at radius 2 is 1.71 bits per heavy atom. The summed E-state index contributed by atoms with van der Waals surface area (Å²) in [7, 11) is -3.33. The van der Waals surface area contributed by atoms with E-state index in [0.29, 0.717) is 32.1 Å². The highest BCUT2D eigenvalue weighted by Crippen LogP contribution is 2.35. The second kappa shape index (κ2) is 13.9. The number of amides is 1. The predicted molar refractivity (Wildman–Crippen MR) is 144 cm³/mol. The highest BCUT2D eigenvalue weighted by atomic mass is 35.5. The van der Waals surface area contributed by atoms with Crippen LogP contribution >= 0.6 is 11.6 Å². The summed E-state index contributed by atoms with van der Waals surface area (Å²) >= 11 is 5.78. The lowest BCUT2D eigenvalue weighted by Crippen LogP contribution is -2.58. The number of unbranched alkanes of at least 4 members (excludes halogenated alkanes) is 1. The molecule has 2 aliphatic rings. The van der Waals surface area contributed by atoms with Gasteiger partial charge in [0.25, 0.3) is 0 Å². The molecule has 14 heteroatoms. The maximum absolute atomic E-state index is 13.9. The normalized spacial score (nSPS) is 19.7. The van der Waals surface area contributed by atoms with Crippen molar-refractivity contribution in [3.8, 4) is 5.75 Å². The molecule has 2 aromatic rings. The van der Waals surface area contributed by atoms with E-state index in [-0.39, 0.29) is 47.5 Å². The van der Waals surface area contributed by atoms with Crippen molar-refractivity contribution in [1.82, 2.24) is 10.3 Å². The van der Waals surface area contributed by atoms with Crippen LogP contribution < -0.4 is 4.74 Å². The lowest BCUT2D eigenvalue weighted by molar-refractivity contribution is -0.492. The second-order valence-electron chi connectivity index (χ2n) is 9.83. The zero-order chi connectivity index (χ0) is 29.6. The zero-order valence-electron chi connectivity index (χ0n) is 22.0. The minimum absolute atomic E-state index is 0.0280. The molecule has 1 saturated heterocycles. The van der Waals surface area contributed by atoms with Crippen molar-refractivity contribution in [3.63, 3.8) is 0 Å². The Labute approximate surface area is 241 Å². The van der Waals surface area contributed by atoms with Gasteiger partial charge in [0.15, 0.2) is 21.4 Å². The molecule has 2 atom stereocenters. The quantitative estimate of drug-likeness (QED) is 0.196. The lowest BCUT2D eigenvalue weighted by Gasteiger charge is -2.43. The Morgan fingerprint density at radius 3 is 2.41 bits per heavy atom. The monoisotopic (exact) mass is 616 g/mol. The molecule has 1 amide bonds. The molecule has 0 saturated carbocycles. The van der Waals surface area contributed by atoms with Crippen LogP contribution in [-0.2, 0) is 25.8 Å². The van der Waals surface area contributed by atoms with Gasteiger partial charge < -0.3 is 9.47 Å². The van der Waals surface area contributed by atoms with Gasteiger partial charge in [-0.2, -0.15) is 0 Å². The van der Waals surface area contributed by atoms with E-state index in [1.54, 1.807) is 6.08 Å². The number of fused-ring (bicyclic) bond motifs is 2. The van der Waals surface area contributed by atoms with Crippen molar-refractivity contribution in [1.29, 1.82) is 0 Å². The number of aryl methyl sites for hydroxylation is 1. The first-order chi connectivity index (χ1) is 19.5. The van der Waals surface area contributed by atoms with Crippen LogP contribution in [0.15, 0.2) is 42.5 Å². The summed E-state index contributed by atoms with van der Waals surface area (Å²) in [5.74, 6) is -2.12. The van der Waals surface area contributed by atoms with E-state index in [0.717, 1.165) is 28.8 Å². The number of halogens is 3. The van der Waals surface area contributed by atoms with Crippen LogP contribution in [0.1, 0.15) is 36.8 Å². The van der Waals surface area contributed by atoms with Gasteiger partial charge in [-0.25, -0.2) is 22.0 Å². The zero-order valence-corrected chi connectivity index (χ0v) is 23.6. The van der Waals surface area contributed by atoms with Crippen LogP contribution in [0.3, 0.4) is 0 Å². The number of benzene rings is 2. The standard InChI is InChI=1S/C27H31ClF2N2O8S/c28-25-23(29)9-10-24(30)26(25)38-12-3-4-18-5-7-19(8-6-18)20-14-21-16-41(36,37)17-22(15-20)31(21)27(33)39-11-1-2-13-40-32(34)35/h5-10,14,21-22,34-35H,1-4,11-13,15-17H2. The Bertz CT molecular complexity index is 1360. The molecule has 2 unspecified atom stereocenters. The summed E-state index contributed by atoms with van der Waals surface area (Å²) in [6.45, 7) is 0.254. The molecule has 0 aromatic heterocycles. The first-order valence-electron chi connectivity index (χ1n) is 13.1. The highest BCUT2D eigenvalue weighted by Gasteiger charge is 2.44. The lowest BCUT2D eigenvalue weighted by atomic mass is 9.91. The number of nitrogens with zero attached hydrogens (tertiary/aromatic N) is 2. The van der Waals surface area contributed by atoms with Gasteiger partial charge in [0.1, 0.15) is 10.8 Å². The first kappa shape index (κ1) is 31.1. The summed E-state index contributed by atoms with van der Waals surface area (Å²) in [5, 5.41) is 16.3. The fourth-order valence-corrected chi connectivity index (χ4v) is 6.94. The predicted octanol–water partition coefficient (Wildman–Crippen LogP) is 4.81. The van der Waals surface area contributed by atoms with Crippen molar-refractivity contribution in [2.75, 3.05) is 31.3 Å². The smallest absolute Gasteiger partial charge is 0.410 e. The van der Waals surface area contributed by atoms with Gasteiger partial charge in [-0.15, -0.1) is 0 Å². The maximum atomic E-state index is 13.9. The number of hydrogen-bond donors (Lipinski definition) is 2. The third kappa shape index (κ3) is 8.37. The Balaban J connectivity index is 1.32. The summed E-state index contributed by atoms with van der Waals surface area (Å²) in [6, 6.07) is 8.45. The summed E-state index contributed by atoms with van der Waals surface area (Å²) < 4.78 is 63.0. The van der Waals surface area contributed by atoms with Crippen molar-refractivity contribution in [3.05, 3.63) is 70.3 Å². The average molecular weight is 617 g/mol. The molecule has 224 valence electrons. The van der Waals surface area contributed by atoms with E-state index in [9.17, 15) is 22.0 Å². The molecule has 2 N–H and O–H groups in total. The van der Waals surface area contributed by atoms with E-state index < -0.39 is 39.6 Å². The van der Waals surface area contributed by atoms with E-state index in [1.807, 2.05) is 24.3 Å². The number of carbonyl (C=O) groups excluding carboxylic acids is 1. The minimum atomic E-state index is -3.33. The molecular weight excluding hydrogens is 586 g/mol. The number of hydrogen-bond acceptors (Lipinski definition) is 9. The van der Waals surface area contributed by atoms with E-state index in [4.69, 9.17) is 31.5 Å². The number of sulfone groups is 1. The molecule has 0 radical (unpaired) electrons. The van der Waals surface area contributed by atoms with Crippen LogP contribution in [0.4, 0.5) is 13.6 Å². The summed E-state index contributed by atoms with van der Waals surface area (Å²) in [6.07, 6.45) is 3.58. The maximum Gasteiger partial charge on any atom is 0.410 e. The fourth-order valence-electron chi connectivity index (χ4n) is 4.95. The molecule has 2 aliphatic heterocycles. The molecule has 4 rings (SSSR count). The number of carbonyl (C=O) groups is 1. The molecule has 41 heavy (non-hydrogen) atoms. The molecule has 0 aliphatic carbocycles. The van der Waals surface area contributed by atoms with E-state index >= 15 is 0 Å². The van der Waals surface area contributed by atoms with E-state index in [1.165, 1.54) is 4.90 Å². The van der Waals surface area contributed by atoms with Gasteiger partial charge in [-0.3, -0.25) is 20.2 Å². The molecule has 2 aromatic carbocycles. The van der Waals surface area contributed by atoms with Crippen LogP contribution in [0, 0.1) is 11.6 Å². The molecular formula is C27H31ClF2N2O8S. The van der Waals surface area contributed by atoms with Crippen LogP contribution in [0.2, 0.25) is 5.02 Å². The summed E-state index contributed by atoms with van der Waals surface area (Å²) in [4.78, 5) is 18.8. The van der Waals surface area contributed by atoms with Crippen molar-refractivity contribution < 1.29 is 46.7 Å². The second-order valence-corrected chi connectivity index (χ2v) is 12.4. The molecule has 2 bridgehead atoms. The third-order valence-electron chi connectivity index (χ3n) is 6.84. The first-order valence-corrected chi connectivity index (χ1v) is 15.3. The van der Waals surface area contributed by atoms with Crippen LogP contribution in [-0.4, -0.2) is 78.6 Å². The summed E-state index contributed by atoms with van der Waals surface area (Å²) in [5.41, 5.74) is 2.87. The largest absolute Gasteiger partial charge is 0.489 e. The van der Waals surface area contributed by atoms with Gasteiger partial charge in [-0.1, -0.05) is 41.9 Å².